The summed E-state index contributed by atoms with van der Waals surface area (Å²) in [4.78, 5) is 47.2. The second-order valence-corrected chi connectivity index (χ2v) is 12.1. The first-order chi connectivity index (χ1) is 22.4. The van der Waals surface area contributed by atoms with Crippen LogP contribution in [0, 0.1) is 11.8 Å². The molecule has 5 aromatic rings. The van der Waals surface area contributed by atoms with Gasteiger partial charge in [0.15, 0.2) is 0 Å². The highest BCUT2D eigenvalue weighted by Crippen LogP contribution is 2.50. The number of benzene rings is 4. The molecule has 0 saturated carbocycles. The maximum Gasteiger partial charge on any atom is 0.325 e. The molecular weight excluding hydrogens is 574 g/mol. The van der Waals surface area contributed by atoms with Gasteiger partial charge in [-0.2, -0.15) is 0 Å². The van der Waals surface area contributed by atoms with Crippen molar-refractivity contribution in [1.29, 1.82) is 0 Å². The van der Waals surface area contributed by atoms with E-state index < -0.39 is 35.3 Å². The average molecular weight is 608 g/mol. The van der Waals surface area contributed by atoms with Gasteiger partial charge in [0.1, 0.15) is 5.54 Å². The summed E-state index contributed by atoms with van der Waals surface area (Å²) in [5.41, 5.74) is 2.66. The Morgan fingerprint density at radius 2 is 1.50 bits per heavy atom. The standard InChI is InChI=1S/C39H33N3O4/c43-36-33-34(37(44)42(36)23-21-32-12-6-7-22-40-32)39(38(45)46,25-28-17-18-29-10-4-5-11-31(29)24-28)41-35(33)30-19-15-27(16-20-30)14-13-26-8-2-1-3-9-26/h1-20,22,24,33-35,41H,21,23,25H2,(H,45,46)/b14-13+. The second-order valence-electron chi connectivity index (χ2n) is 12.1. The number of aromatic nitrogens is 1. The first kappa shape index (κ1) is 29.3. The highest BCUT2D eigenvalue weighted by atomic mass is 16.4. The molecule has 7 heteroatoms. The fraction of sp³-hybridized carbons (Fsp3) is 0.179. The van der Waals surface area contributed by atoms with Gasteiger partial charge in [-0.3, -0.25) is 29.6 Å². The number of nitrogens with one attached hydrogen (secondary N) is 1. The Bertz CT molecular complexity index is 1940. The van der Waals surface area contributed by atoms with Crippen LogP contribution in [0.3, 0.4) is 0 Å². The van der Waals surface area contributed by atoms with Crippen LogP contribution in [-0.4, -0.2) is 44.9 Å². The Morgan fingerprint density at radius 1 is 0.804 bits per heavy atom. The number of rotatable bonds is 9. The van der Waals surface area contributed by atoms with Crippen molar-refractivity contribution in [3.8, 4) is 0 Å². The van der Waals surface area contributed by atoms with E-state index >= 15 is 0 Å². The van der Waals surface area contributed by atoms with Crippen LogP contribution < -0.4 is 5.32 Å². The first-order valence-corrected chi connectivity index (χ1v) is 15.5. The van der Waals surface area contributed by atoms with Crippen molar-refractivity contribution in [3.63, 3.8) is 0 Å². The lowest BCUT2D eigenvalue weighted by atomic mass is 9.76. The SMILES string of the molecule is O=C1C2C(c3ccc(/C=C/c4ccccc4)cc3)NC(Cc3ccc4ccccc4c3)(C(=O)O)C2C(=O)N1CCc1ccccn1. The van der Waals surface area contributed by atoms with Gasteiger partial charge in [-0.1, -0.05) is 115 Å². The van der Waals surface area contributed by atoms with Gasteiger partial charge in [0, 0.05) is 37.3 Å². The minimum Gasteiger partial charge on any atom is -0.480 e. The quantitative estimate of drug-likeness (QED) is 0.159. The number of likely N-dealkylation sites (tertiary alicyclic amines) is 1. The number of carboxylic acid groups (broad SMARTS) is 1. The molecule has 0 bridgehead atoms. The van der Waals surface area contributed by atoms with Crippen molar-refractivity contribution in [2.45, 2.75) is 24.4 Å². The van der Waals surface area contributed by atoms with Crippen molar-refractivity contribution in [3.05, 3.63) is 149 Å². The lowest BCUT2D eigenvalue weighted by molar-refractivity contribution is -0.151. The predicted molar refractivity (Wildman–Crippen MR) is 177 cm³/mol. The van der Waals surface area contributed by atoms with E-state index in [2.05, 4.69) is 10.3 Å². The van der Waals surface area contributed by atoms with Crippen molar-refractivity contribution < 1.29 is 19.5 Å². The lowest BCUT2D eigenvalue weighted by Gasteiger charge is -2.31. The minimum atomic E-state index is -1.68. The van der Waals surface area contributed by atoms with Crippen molar-refractivity contribution in [2.75, 3.05) is 6.54 Å². The molecule has 228 valence electrons. The number of carbonyl (C=O) groups excluding carboxylic acids is 2. The normalized spacial score (nSPS) is 22.5. The van der Waals surface area contributed by atoms with Crippen LogP contribution in [0.4, 0.5) is 0 Å². The molecule has 2 aliphatic heterocycles. The van der Waals surface area contributed by atoms with E-state index in [1.807, 2.05) is 127 Å². The van der Waals surface area contributed by atoms with Gasteiger partial charge < -0.3 is 5.11 Å². The molecule has 2 saturated heterocycles. The summed E-state index contributed by atoms with van der Waals surface area (Å²) in [5, 5.41) is 16.3. The van der Waals surface area contributed by atoms with Gasteiger partial charge in [-0.25, -0.2) is 0 Å². The molecule has 46 heavy (non-hydrogen) atoms. The molecule has 4 aromatic carbocycles. The van der Waals surface area contributed by atoms with Gasteiger partial charge >= 0.3 is 5.97 Å². The summed E-state index contributed by atoms with van der Waals surface area (Å²) in [6.07, 6.45) is 6.15. The van der Waals surface area contributed by atoms with Gasteiger partial charge in [-0.15, -0.1) is 0 Å². The van der Waals surface area contributed by atoms with Crippen LogP contribution in [0.15, 0.2) is 121 Å². The number of hydrogen-bond acceptors (Lipinski definition) is 5. The number of carboxylic acids is 1. The summed E-state index contributed by atoms with van der Waals surface area (Å²) < 4.78 is 0. The molecule has 2 N–H and O–H groups in total. The summed E-state index contributed by atoms with van der Waals surface area (Å²) in [6.45, 7) is 0.142. The zero-order valence-corrected chi connectivity index (χ0v) is 25.1. The summed E-state index contributed by atoms with van der Waals surface area (Å²) in [7, 11) is 0. The van der Waals surface area contributed by atoms with Gasteiger partial charge in [0.25, 0.3) is 0 Å². The Balaban J connectivity index is 1.24. The fourth-order valence-electron chi connectivity index (χ4n) is 7.02. The number of aliphatic carboxylic acids is 1. The third kappa shape index (κ3) is 5.39. The molecule has 0 spiro atoms. The van der Waals surface area contributed by atoms with Crippen LogP contribution >= 0.6 is 0 Å². The number of fused-ring (bicyclic) bond motifs is 2. The average Bonchev–Trinajstić information content (AvgIpc) is 3.56. The Hall–Kier alpha value is -5.40. The van der Waals surface area contributed by atoms with E-state index in [0.717, 1.165) is 38.7 Å². The van der Waals surface area contributed by atoms with Gasteiger partial charge in [0.05, 0.1) is 11.8 Å². The maximum absolute atomic E-state index is 14.2. The highest BCUT2D eigenvalue weighted by Gasteiger charge is 2.68. The van der Waals surface area contributed by atoms with E-state index in [-0.39, 0.29) is 18.9 Å². The van der Waals surface area contributed by atoms with Gasteiger partial charge in [-0.05, 0) is 45.2 Å². The first-order valence-electron chi connectivity index (χ1n) is 15.5. The smallest absolute Gasteiger partial charge is 0.325 e. The fourth-order valence-corrected chi connectivity index (χ4v) is 7.02. The number of amides is 2. The lowest BCUT2D eigenvalue weighted by Crippen LogP contribution is -2.57. The molecule has 4 unspecified atom stereocenters. The van der Waals surface area contributed by atoms with E-state index in [9.17, 15) is 19.5 Å². The number of carbonyl (C=O) groups is 3. The molecular formula is C39H33N3O4. The van der Waals surface area contributed by atoms with E-state index in [1.54, 1.807) is 6.20 Å². The van der Waals surface area contributed by atoms with Crippen molar-refractivity contribution in [1.82, 2.24) is 15.2 Å². The maximum atomic E-state index is 14.2. The van der Waals surface area contributed by atoms with Crippen LogP contribution in [0.5, 0.6) is 0 Å². The van der Waals surface area contributed by atoms with Crippen molar-refractivity contribution in [2.24, 2.45) is 11.8 Å². The van der Waals surface area contributed by atoms with Crippen LogP contribution in [0.25, 0.3) is 22.9 Å². The Morgan fingerprint density at radius 3 is 2.22 bits per heavy atom. The summed E-state index contributed by atoms with van der Waals surface area (Å²) >= 11 is 0. The minimum absolute atomic E-state index is 0.0514. The zero-order valence-electron chi connectivity index (χ0n) is 25.1. The number of imide groups is 1. The number of hydrogen-bond donors (Lipinski definition) is 2. The number of nitrogens with zero attached hydrogens (tertiary/aromatic N) is 2. The molecule has 7 rings (SSSR count). The van der Waals surface area contributed by atoms with Crippen LogP contribution in [-0.2, 0) is 27.2 Å². The second kappa shape index (κ2) is 12.2. The molecule has 1 aromatic heterocycles. The molecule has 4 atom stereocenters. The van der Waals surface area contributed by atoms with E-state index in [0.29, 0.717) is 6.42 Å². The zero-order chi connectivity index (χ0) is 31.7. The molecule has 2 amide bonds. The topological polar surface area (TPSA) is 99.6 Å². The largest absolute Gasteiger partial charge is 0.480 e. The molecule has 7 nitrogen and oxygen atoms in total. The molecule has 2 aliphatic rings. The predicted octanol–water partition coefficient (Wildman–Crippen LogP) is 5.96. The highest BCUT2D eigenvalue weighted by molar-refractivity contribution is 6.09. The third-order valence-corrected chi connectivity index (χ3v) is 9.31. The monoisotopic (exact) mass is 607 g/mol. The van der Waals surface area contributed by atoms with Crippen LogP contribution in [0.1, 0.15) is 34.0 Å². The third-order valence-electron chi connectivity index (χ3n) is 9.31. The Labute approximate surface area is 267 Å². The molecule has 3 heterocycles. The molecule has 2 fully saturated rings. The van der Waals surface area contributed by atoms with Crippen LogP contribution in [0.2, 0.25) is 0 Å². The van der Waals surface area contributed by atoms with Crippen molar-refractivity contribution >= 4 is 40.7 Å². The molecule has 0 aliphatic carbocycles. The number of pyridine rings is 1. The van der Waals surface area contributed by atoms with E-state index in [4.69, 9.17) is 0 Å². The summed E-state index contributed by atoms with van der Waals surface area (Å²) in [5.74, 6) is -3.88. The van der Waals surface area contributed by atoms with Gasteiger partial charge in [0.2, 0.25) is 11.8 Å². The molecule has 0 radical (unpaired) electrons. The Kier molecular flexibility index (Phi) is 7.76. The summed E-state index contributed by atoms with van der Waals surface area (Å²) in [6, 6.07) is 36.3. The van der Waals surface area contributed by atoms with E-state index in [1.165, 1.54) is 4.90 Å².